The number of nitrogens with one attached hydrogen (secondary N) is 1. The molecule has 0 aliphatic carbocycles. The maximum Gasteiger partial charge on any atom is 0.335 e. The molecule has 1 heterocycles. The van der Waals surface area contributed by atoms with Crippen molar-refractivity contribution in [1.29, 1.82) is 0 Å². The van der Waals surface area contributed by atoms with Crippen LogP contribution >= 0.6 is 0 Å². The molecule has 0 aromatic heterocycles. The number of ether oxygens (including phenoxy) is 1. The highest BCUT2D eigenvalue weighted by Crippen LogP contribution is 2.38. The fourth-order valence-electron chi connectivity index (χ4n) is 2.43. The van der Waals surface area contributed by atoms with Crippen molar-refractivity contribution in [3.05, 3.63) is 23.8 Å². The SMILES string of the molecule is CCC(C)NC(=O)CN1C(=O)C(C)(C)Oc2cc(C(=O)O)ccc21. The summed E-state index contributed by atoms with van der Waals surface area (Å²) in [7, 11) is 0. The summed E-state index contributed by atoms with van der Waals surface area (Å²) in [6, 6.07) is 4.25. The number of nitrogens with zero attached hydrogens (tertiary/aromatic N) is 1. The van der Waals surface area contributed by atoms with Crippen LogP contribution in [0, 0.1) is 0 Å². The van der Waals surface area contributed by atoms with Crippen molar-refractivity contribution in [2.24, 2.45) is 0 Å². The number of carbonyl (C=O) groups excluding carboxylic acids is 2. The number of fused-ring (bicyclic) bond motifs is 1. The lowest BCUT2D eigenvalue weighted by atomic mass is 10.0. The van der Waals surface area contributed by atoms with Gasteiger partial charge in [0.15, 0.2) is 5.60 Å². The second-order valence-electron chi connectivity index (χ2n) is 6.37. The van der Waals surface area contributed by atoms with Crippen LogP contribution < -0.4 is 15.0 Å². The first-order valence-electron chi connectivity index (χ1n) is 7.83. The minimum absolute atomic E-state index is 0.00973. The van der Waals surface area contributed by atoms with Crippen LogP contribution in [0.2, 0.25) is 0 Å². The summed E-state index contributed by atoms with van der Waals surface area (Å²) in [5, 5.41) is 11.9. The second-order valence-corrected chi connectivity index (χ2v) is 6.37. The Hall–Kier alpha value is -2.57. The molecule has 0 spiro atoms. The zero-order valence-electron chi connectivity index (χ0n) is 14.3. The van der Waals surface area contributed by atoms with Crippen LogP contribution in [0.4, 0.5) is 5.69 Å². The molecular formula is C17H22N2O5. The lowest BCUT2D eigenvalue weighted by Gasteiger charge is -2.38. The minimum Gasteiger partial charge on any atom is -0.478 e. The number of carboxylic acids is 1. The van der Waals surface area contributed by atoms with E-state index in [-0.39, 0.29) is 35.7 Å². The molecule has 0 fully saturated rings. The fourth-order valence-corrected chi connectivity index (χ4v) is 2.43. The first-order valence-corrected chi connectivity index (χ1v) is 7.83. The van der Waals surface area contributed by atoms with Crippen molar-refractivity contribution in [1.82, 2.24) is 5.32 Å². The lowest BCUT2D eigenvalue weighted by Crippen LogP contribution is -2.55. The van der Waals surface area contributed by atoms with Gasteiger partial charge in [0.05, 0.1) is 11.3 Å². The van der Waals surface area contributed by atoms with Crippen molar-refractivity contribution in [2.45, 2.75) is 45.8 Å². The van der Waals surface area contributed by atoms with Gasteiger partial charge in [-0.25, -0.2) is 4.79 Å². The van der Waals surface area contributed by atoms with Crippen LogP contribution in [0.5, 0.6) is 5.75 Å². The molecule has 2 rings (SSSR count). The van der Waals surface area contributed by atoms with Crippen molar-refractivity contribution in [2.75, 3.05) is 11.4 Å². The van der Waals surface area contributed by atoms with Crippen molar-refractivity contribution in [3.8, 4) is 5.75 Å². The van der Waals surface area contributed by atoms with Gasteiger partial charge in [0, 0.05) is 6.04 Å². The zero-order chi connectivity index (χ0) is 18.1. The number of rotatable bonds is 5. The third-order valence-corrected chi connectivity index (χ3v) is 3.94. The predicted molar refractivity (Wildman–Crippen MR) is 88.4 cm³/mol. The smallest absolute Gasteiger partial charge is 0.335 e. The molecule has 1 aliphatic rings. The molecule has 2 N–H and O–H groups in total. The van der Waals surface area contributed by atoms with Gasteiger partial charge in [-0.3, -0.25) is 14.5 Å². The Morgan fingerprint density at radius 3 is 2.62 bits per heavy atom. The van der Waals surface area contributed by atoms with E-state index in [4.69, 9.17) is 9.84 Å². The Kier molecular flexibility index (Phi) is 4.82. The molecule has 7 nitrogen and oxygen atoms in total. The van der Waals surface area contributed by atoms with E-state index in [0.29, 0.717) is 5.69 Å². The number of amides is 2. The standard InChI is InChI=1S/C17H22N2O5/c1-5-10(2)18-14(20)9-19-12-7-6-11(15(21)22)8-13(12)24-17(3,4)16(19)23/h6-8,10H,5,9H2,1-4H3,(H,18,20)(H,21,22). The van der Waals surface area contributed by atoms with Gasteiger partial charge in [-0.15, -0.1) is 0 Å². The normalized spacial score (nSPS) is 16.8. The summed E-state index contributed by atoms with van der Waals surface area (Å²) in [4.78, 5) is 37.3. The van der Waals surface area contributed by atoms with Gasteiger partial charge in [-0.2, -0.15) is 0 Å². The quantitative estimate of drug-likeness (QED) is 0.856. The Balaban J connectivity index is 2.35. The lowest BCUT2D eigenvalue weighted by molar-refractivity contribution is -0.134. The third-order valence-electron chi connectivity index (χ3n) is 3.94. The van der Waals surface area contributed by atoms with E-state index < -0.39 is 11.6 Å². The zero-order valence-corrected chi connectivity index (χ0v) is 14.3. The minimum atomic E-state index is -1.18. The Bertz CT molecular complexity index is 684. The average Bonchev–Trinajstić information content (AvgIpc) is 2.50. The Morgan fingerprint density at radius 2 is 2.04 bits per heavy atom. The first-order chi connectivity index (χ1) is 11.2. The molecule has 0 saturated heterocycles. The molecule has 1 atom stereocenters. The molecule has 1 aromatic rings. The second kappa shape index (κ2) is 6.51. The first kappa shape index (κ1) is 17.8. The summed E-state index contributed by atoms with van der Waals surface area (Å²) in [5.74, 6) is -1.44. The Morgan fingerprint density at radius 1 is 1.38 bits per heavy atom. The van der Waals surface area contributed by atoms with Gasteiger partial charge >= 0.3 is 5.97 Å². The van der Waals surface area contributed by atoms with Gasteiger partial charge in [-0.05, 0) is 45.4 Å². The van der Waals surface area contributed by atoms with E-state index in [0.717, 1.165) is 6.42 Å². The number of hydrogen-bond donors (Lipinski definition) is 2. The topological polar surface area (TPSA) is 95.9 Å². The van der Waals surface area contributed by atoms with Gasteiger partial charge < -0.3 is 15.2 Å². The molecule has 0 bridgehead atoms. The number of anilines is 1. The Labute approximate surface area is 140 Å². The number of aromatic carboxylic acids is 1. The molecule has 0 saturated carbocycles. The molecule has 7 heteroatoms. The van der Waals surface area contributed by atoms with Crippen LogP contribution in [-0.4, -0.2) is 41.1 Å². The number of benzene rings is 1. The van der Waals surface area contributed by atoms with E-state index in [1.165, 1.54) is 23.1 Å². The molecule has 24 heavy (non-hydrogen) atoms. The van der Waals surface area contributed by atoms with Crippen molar-refractivity contribution < 1.29 is 24.2 Å². The predicted octanol–water partition coefficient (Wildman–Crippen LogP) is 1.80. The maximum absolute atomic E-state index is 12.6. The summed E-state index contributed by atoms with van der Waals surface area (Å²) in [5.41, 5.74) is -0.729. The van der Waals surface area contributed by atoms with Crippen LogP contribution in [0.15, 0.2) is 18.2 Å². The molecular weight excluding hydrogens is 312 g/mol. The molecule has 130 valence electrons. The van der Waals surface area contributed by atoms with E-state index in [2.05, 4.69) is 5.32 Å². The summed E-state index contributed by atoms with van der Waals surface area (Å²) < 4.78 is 5.65. The van der Waals surface area contributed by atoms with E-state index in [9.17, 15) is 14.4 Å². The van der Waals surface area contributed by atoms with Crippen molar-refractivity contribution >= 4 is 23.5 Å². The maximum atomic E-state index is 12.6. The molecule has 1 aliphatic heterocycles. The van der Waals surface area contributed by atoms with Crippen LogP contribution in [-0.2, 0) is 9.59 Å². The average molecular weight is 334 g/mol. The molecule has 1 unspecified atom stereocenters. The largest absolute Gasteiger partial charge is 0.478 e. The van der Waals surface area contributed by atoms with Gasteiger partial charge in [0.1, 0.15) is 12.3 Å². The summed E-state index contributed by atoms with van der Waals surface area (Å²) in [6.45, 7) is 6.87. The molecule has 2 amide bonds. The number of hydrogen-bond acceptors (Lipinski definition) is 4. The highest BCUT2D eigenvalue weighted by molar-refractivity contribution is 6.06. The van der Waals surface area contributed by atoms with Crippen LogP contribution in [0.3, 0.4) is 0 Å². The highest BCUT2D eigenvalue weighted by atomic mass is 16.5. The van der Waals surface area contributed by atoms with E-state index in [1.807, 2.05) is 13.8 Å². The van der Waals surface area contributed by atoms with Gasteiger partial charge in [-0.1, -0.05) is 6.92 Å². The van der Waals surface area contributed by atoms with Crippen LogP contribution in [0.25, 0.3) is 0 Å². The summed E-state index contributed by atoms with van der Waals surface area (Å²) in [6.07, 6.45) is 0.785. The van der Waals surface area contributed by atoms with Crippen LogP contribution in [0.1, 0.15) is 44.5 Å². The van der Waals surface area contributed by atoms with Gasteiger partial charge in [0.2, 0.25) is 5.91 Å². The summed E-state index contributed by atoms with van der Waals surface area (Å²) >= 11 is 0. The monoisotopic (exact) mass is 334 g/mol. The number of carboxylic acid groups (broad SMARTS) is 1. The highest BCUT2D eigenvalue weighted by Gasteiger charge is 2.41. The van der Waals surface area contributed by atoms with Crippen molar-refractivity contribution in [3.63, 3.8) is 0 Å². The molecule has 0 radical (unpaired) electrons. The number of carbonyl (C=O) groups is 3. The van der Waals surface area contributed by atoms with E-state index in [1.54, 1.807) is 13.8 Å². The van der Waals surface area contributed by atoms with Gasteiger partial charge in [0.25, 0.3) is 5.91 Å². The third kappa shape index (κ3) is 3.50. The fraction of sp³-hybridized carbons (Fsp3) is 0.471. The molecule has 1 aromatic carbocycles. The van der Waals surface area contributed by atoms with E-state index >= 15 is 0 Å².